The van der Waals surface area contributed by atoms with E-state index in [1.165, 1.54) is 22.3 Å². The third-order valence-corrected chi connectivity index (χ3v) is 3.55. The third kappa shape index (κ3) is 2.80. The van der Waals surface area contributed by atoms with E-state index in [2.05, 4.69) is 71.8 Å². The van der Waals surface area contributed by atoms with Crippen molar-refractivity contribution < 1.29 is 0 Å². The van der Waals surface area contributed by atoms with E-state index in [-0.39, 0.29) is 5.54 Å². The molecule has 0 saturated carbocycles. The number of nitrogens with zero attached hydrogens (tertiary/aromatic N) is 2. The highest BCUT2D eigenvalue weighted by atomic mass is 32.1. The van der Waals surface area contributed by atoms with Gasteiger partial charge >= 0.3 is 0 Å². The number of hydrogen-bond donors (Lipinski definition) is 1. The summed E-state index contributed by atoms with van der Waals surface area (Å²) in [5, 5.41) is 6.66. The molecule has 0 fully saturated rings. The summed E-state index contributed by atoms with van der Waals surface area (Å²) < 4.78 is 4.45. The zero-order valence-electron chi connectivity index (χ0n) is 11.8. The molecule has 0 saturated heterocycles. The van der Waals surface area contributed by atoms with E-state index in [1.807, 2.05) is 6.07 Å². The van der Waals surface area contributed by atoms with Gasteiger partial charge in [-0.15, -0.1) is 0 Å². The fourth-order valence-corrected chi connectivity index (χ4v) is 2.84. The molecule has 2 aromatic carbocycles. The minimum absolute atomic E-state index is 0.000187. The first-order valence-electron chi connectivity index (χ1n) is 6.62. The maximum absolute atomic E-state index is 4.57. The Bertz CT molecular complexity index is 741. The van der Waals surface area contributed by atoms with Crippen molar-refractivity contribution in [2.75, 3.05) is 5.32 Å². The molecule has 0 spiro atoms. The highest BCUT2D eigenvalue weighted by Gasteiger charge is 2.13. The first-order chi connectivity index (χ1) is 9.51. The van der Waals surface area contributed by atoms with Gasteiger partial charge in [-0.3, -0.25) is 0 Å². The molecule has 1 heterocycles. The van der Waals surface area contributed by atoms with E-state index >= 15 is 0 Å². The van der Waals surface area contributed by atoms with Gasteiger partial charge in [0.2, 0.25) is 5.13 Å². The molecule has 0 radical (unpaired) electrons. The summed E-state index contributed by atoms with van der Waals surface area (Å²) in [6.07, 6.45) is 0. The molecule has 3 rings (SSSR count). The number of rotatable bonds is 2. The van der Waals surface area contributed by atoms with Gasteiger partial charge in [-0.05, 0) is 37.6 Å². The molecule has 20 heavy (non-hydrogen) atoms. The molecule has 1 aromatic heterocycles. The summed E-state index contributed by atoms with van der Waals surface area (Å²) >= 11 is 1.40. The SMILES string of the molecule is CC(C)(C)Nc1nc(-c2ccc3ccccc3c2)ns1. The van der Waals surface area contributed by atoms with Crippen molar-refractivity contribution in [2.45, 2.75) is 26.3 Å². The summed E-state index contributed by atoms with van der Waals surface area (Å²) in [7, 11) is 0. The van der Waals surface area contributed by atoms with Crippen molar-refractivity contribution >= 4 is 27.4 Å². The van der Waals surface area contributed by atoms with Gasteiger partial charge < -0.3 is 5.32 Å². The van der Waals surface area contributed by atoms with Gasteiger partial charge in [0.05, 0.1) is 0 Å². The van der Waals surface area contributed by atoms with E-state index in [0.29, 0.717) is 0 Å². The Morgan fingerprint density at radius 1 is 1.00 bits per heavy atom. The van der Waals surface area contributed by atoms with Crippen LogP contribution in [0, 0.1) is 0 Å². The van der Waals surface area contributed by atoms with Gasteiger partial charge in [0.25, 0.3) is 0 Å². The molecule has 4 heteroatoms. The zero-order valence-corrected chi connectivity index (χ0v) is 12.7. The van der Waals surface area contributed by atoms with Crippen molar-refractivity contribution in [3.8, 4) is 11.4 Å². The van der Waals surface area contributed by atoms with Crippen LogP contribution in [0.4, 0.5) is 5.13 Å². The maximum atomic E-state index is 4.57. The average molecular weight is 283 g/mol. The van der Waals surface area contributed by atoms with Crippen LogP contribution in [0.5, 0.6) is 0 Å². The molecule has 0 atom stereocenters. The number of hydrogen-bond acceptors (Lipinski definition) is 4. The lowest BCUT2D eigenvalue weighted by atomic mass is 10.1. The largest absolute Gasteiger partial charge is 0.356 e. The maximum Gasteiger partial charge on any atom is 0.203 e. The van der Waals surface area contributed by atoms with Crippen LogP contribution in [0.15, 0.2) is 42.5 Å². The fraction of sp³-hybridized carbons (Fsp3) is 0.250. The average Bonchev–Trinajstić information content (AvgIpc) is 2.84. The normalized spacial score (nSPS) is 11.8. The fourth-order valence-electron chi connectivity index (χ4n) is 2.04. The standard InChI is InChI=1S/C16H17N3S/c1-16(2,3)18-15-17-14(19-20-15)13-9-8-11-6-4-5-7-12(11)10-13/h4-10H,1-3H3,(H,17,18,19). The van der Waals surface area contributed by atoms with Crippen LogP contribution in [0.1, 0.15) is 20.8 Å². The molecule has 0 unspecified atom stereocenters. The Hall–Kier alpha value is -1.94. The summed E-state index contributed by atoms with van der Waals surface area (Å²) in [6.45, 7) is 6.35. The van der Waals surface area contributed by atoms with E-state index in [1.54, 1.807) is 0 Å². The zero-order chi connectivity index (χ0) is 14.2. The minimum Gasteiger partial charge on any atom is -0.356 e. The topological polar surface area (TPSA) is 37.8 Å². The Kier molecular flexibility index (Phi) is 3.18. The smallest absolute Gasteiger partial charge is 0.203 e. The first-order valence-corrected chi connectivity index (χ1v) is 7.40. The lowest BCUT2D eigenvalue weighted by Crippen LogP contribution is -2.25. The third-order valence-electron chi connectivity index (χ3n) is 2.92. The molecule has 102 valence electrons. The van der Waals surface area contributed by atoms with Crippen LogP contribution in [0.3, 0.4) is 0 Å². The van der Waals surface area contributed by atoms with Crippen LogP contribution in [-0.4, -0.2) is 14.9 Å². The van der Waals surface area contributed by atoms with Crippen molar-refractivity contribution in [1.29, 1.82) is 0 Å². The van der Waals surface area contributed by atoms with Crippen LogP contribution in [0.25, 0.3) is 22.2 Å². The van der Waals surface area contributed by atoms with Crippen molar-refractivity contribution in [3.63, 3.8) is 0 Å². The molecule has 0 amide bonds. The predicted molar refractivity (Wildman–Crippen MR) is 86.2 cm³/mol. The van der Waals surface area contributed by atoms with Gasteiger partial charge in [-0.1, -0.05) is 36.4 Å². The van der Waals surface area contributed by atoms with Gasteiger partial charge in [0.1, 0.15) is 0 Å². The first kappa shape index (κ1) is 13.1. The van der Waals surface area contributed by atoms with Crippen molar-refractivity contribution in [1.82, 2.24) is 9.36 Å². The van der Waals surface area contributed by atoms with Crippen LogP contribution >= 0.6 is 11.5 Å². The lowest BCUT2D eigenvalue weighted by molar-refractivity contribution is 0.633. The molecule has 0 aliphatic heterocycles. The summed E-state index contributed by atoms with van der Waals surface area (Å²) in [5.41, 5.74) is 1.06. The Balaban J connectivity index is 1.95. The van der Waals surface area contributed by atoms with E-state index in [0.717, 1.165) is 16.5 Å². The Labute approximate surface area is 122 Å². The Morgan fingerprint density at radius 2 is 1.75 bits per heavy atom. The van der Waals surface area contributed by atoms with Gasteiger partial charge in [-0.25, -0.2) is 0 Å². The summed E-state index contributed by atoms with van der Waals surface area (Å²) in [5.74, 6) is 0.785. The molecule has 3 aromatic rings. The van der Waals surface area contributed by atoms with Crippen molar-refractivity contribution in [3.05, 3.63) is 42.5 Å². The van der Waals surface area contributed by atoms with Gasteiger partial charge in [0, 0.05) is 22.6 Å². The van der Waals surface area contributed by atoms with E-state index in [9.17, 15) is 0 Å². The molecule has 0 bridgehead atoms. The molecule has 1 N–H and O–H groups in total. The second kappa shape index (κ2) is 4.87. The van der Waals surface area contributed by atoms with E-state index < -0.39 is 0 Å². The highest BCUT2D eigenvalue weighted by Crippen LogP contribution is 2.26. The van der Waals surface area contributed by atoms with Crippen LogP contribution in [-0.2, 0) is 0 Å². The second-order valence-electron chi connectivity index (χ2n) is 5.86. The van der Waals surface area contributed by atoms with Gasteiger partial charge in [-0.2, -0.15) is 9.36 Å². The molecular weight excluding hydrogens is 266 g/mol. The summed E-state index contributed by atoms with van der Waals surface area (Å²) in [4.78, 5) is 4.57. The number of benzene rings is 2. The predicted octanol–water partition coefficient (Wildman–Crippen LogP) is 4.57. The van der Waals surface area contributed by atoms with Crippen LogP contribution in [0.2, 0.25) is 0 Å². The van der Waals surface area contributed by atoms with Crippen molar-refractivity contribution in [2.24, 2.45) is 0 Å². The van der Waals surface area contributed by atoms with E-state index in [4.69, 9.17) is 0 Å². The monoisotopic (exact) mass is 283 g/mol. The number of nitrogens with one attached hydrogen (secondary N) is 1. The minimum atomic E-state index is 0.000187. The molecule has 3 nitrogen and oxygen atoms in total. The number of anilines is 1. The van der Waals surface area contributed by atoms with Gasteiger partial charge in [0.15, 0.2) is 5.82 Å². The molecular formula is C16H17N3S. The van der Waals surface area contributed by atoms with Crippen LogP contribution < -0.4 is 5.32 Å². The summed E-state index contributed by atoms with van der Waals surface area (Å²) in [6, 6.07) is 14.6. The molecule has 0 aliphatic rings. The second-order valence-corrected chi connectivity index (χ2v) is 6.61. The Morgan fingerprint density at radius 3 is 2.50 bits per heavy atom. The number of fused-ring (bicyclic) bond motifs is 1. The highest BCUT2D eigenvalue weighted by molar-refractivity contribution is 7.09. The quantitative estimate of drug-likeness (QED) is 0.748. The number of aromatic nitrogens is 2. The lowest BCUT2D eigenvalue weighted by Gasteiger charge is -2.18. The molecule has 0 aliphatic carbocycles.